The lowest BCUT2D eigenvalue weighted by atomic mass is 10.2. The minimum absolute atomic E-state index is 0.379. The zero-order chi connectivity index (χ0) is 12.2. The summed E-state index contributed by atoms with van der Waals surface area (Å²) < 4.78 is 17.8. The SMILES string of the molecule is CC(C)(C)OC(=O)NNc1cccc(F)c1. The van der Waals surface area contributed by atoms with Gasteiger partial charge in [0.15, 0.2) is 0 Å². The van der Waals surface area contributed by atoms with E-state index < -0.39 is 11.7 Å². The lowest BCUT2D eigenvalue weighted by Crippen LogP contribution is -2.35. The zero-order valence-electron chi connectivity index (χ0n) is 9.50. The van der Waals surface area contributed by atoms with E-state index in [1.807, 2.05) is 0 Å². The number of hydrazine groups is 1. The van der Waals surface area contributed by atoms with Crippen molar-refractivity contribution in [2.24, 2.45) is 0 Å². The topological polar surface area (TPSA) is 50.4 Å². The molecule has 4 nitrogen and oxygen atoms in total. The molecular weight excluding hydrogens is 211 g/mol. The third-order valence-corrected chi connectivity index (χ3v) is 1.53. The standard InChI is InChI=1S/C11H15FN2O2/c1-11(2,3)16-10(15)14-13-9-6-4-5-8(12)7-9/h4-7,13H,1-3H3,(H,14,15). The van der Waals surface area contributed by atoms with Gasteiger partial charge < -0.3 is 4.74 Å². The minimum Gasteiger partial charge on any atom is -0.443 e. The molecule has 0 aliphatic heterocycles. The summed E-state index contributed by atoms with van der Waals surface area (Å²) in [5.74, 6) is -0.379. The number of ether oxygens (including phenoxy) is 1. The largest absolute Gasteiger partial charge is 0.443 e. The molecule has 88 valence electrons. The summed E-state index contributed by atoms with van der Waals surface area (Å²) in [6.45, 7) is 5.28. The Kier molecular flexibility index (Phi) is 3.71. The smallest absolute Gasteiger partial charge is 0.426 e. The number of rotatable bonds is 2. The molecule has 2 N–H and O–H groups in total. The number of hydrogen-bond donors (Lipinski definition) is 2. The predicted octanol–water partition coefficient (Wildman–Crippen LogP) is 2.68. The molecule has 0 aromatic heterocycles. The first-order valence-electron chi connectivity index (χ1n) is 4.87. The van der Waals surface area contributed by atoms with Gasteiger partial charge in [0.25, 0.3) is 0 Å². The second kappa shape index (κ2) is 4.83. The summed E-state index contributed by atoms with van der Waals surface area (Å²) in [6, 6.07) is 5.74. The van der Waals surface area contributed by atoms with E-state index in [0.29, 0.717) is 5.69 Å². The summed E-state index contributed by atoms with van der Waals surface area (Å²) in [7, 11) is 0. The first-order chi connectivity index (χ1) is 7.37. The predicted molar refractivity (Wildman–Crippen MR) is 59.4 cm³/mol. The highest BCUT2D eigenvalue weighted by molar-refractivity contribution is 5.69. The van der Waals surface area contributed by atoms with Crippen molar-refractivity contribution in [1.29, 1.82) is 0 Å². The summed E-state index contributed by atoms with van der Waals surface area (Å²) in [5, 5.41) is 0. The second-order valence-electron chi connectivity index (χ2n) is 4.26. The quantitative estimate of drug-likeness (QED) is 0.762. The first-order valence-corrected chi connectivity index (χ1v) is 4.87. The Hall–Kier alpha value is -1.78. The maximum Gasteiger partial charge on any atom is 0.426 e. The molecule has 0 spiro atoms. The van der Waals surface area contributed by atoms with Crippen molar-refractivity contribution < 1.29 is 13.9 Å². The molecule has 1 rings (SSSR count). The average molecular weight is 226 g/mol. The first kappa shape index (κ1) is 12.3. The van der Waals surface area contributed by atoms with E-state index in [1.54, 1.807) is 26.8 Å². The van der Waals surface area contributed by atoms with Gasteiger partial charge in [0.05, 0.1) is 5.69 Å². The highest BCUT2D eigenvalue weighted by Crippen LogP contribution is 2.09. The van der Waals surface area contributed by atoms with Crippen molar-refractivity contribution in [3.63, 3.8) is 0 Å². The number of halogens is 1. The van der Waals surface area contributed by atoms with Crippen LogP contribution in [0.5, 0.6) is 0 Å². The number of carbonyl (C=O) groups excluding carboxylic acids is 1. The third kappa shape index (κ3) is 4.63. The van der Waals surface area contributed by atoms with Crippen molar-refractivity contribution in [3.8, 4) is 0 Å². The average Bonchev–Trinajstić information content (AvgIpc) is 2.12. The minimum atomic E-state index is -0.614. The van der Waals surface area contributed by atoms with Crippen LogP contribution >= 0.6 is 0 Å². The number of anilines is 1. The molecule has 0 fully saturated rings. The summed E-state index contributed by atoms with van der Waals surface area (Å²) in [5.41, 5.74) is 4.74. The van der Waals surface area contributed by atoms with Gasteiger partial charge in [0.2, 0.25) is 0 Å². The molecule has 0 saturated carbocycles. The van der Waals surface area contributed by atoms with Gasteiger partial charge in [-0.05, 0) is 39.0 Å². The van der Waals surface area contributed by atoms with Gasteiger partial charge in [-0.25, -0.2) is 14.6 Å². The van der Waals surface area contributed by atoms with E-state index in [1.165, 1.54) is 18.2 Å². The maximum absolute atomic E-state index is 12.8. The highest BCUT2D eigenvalue weighted by Gasteiger charge is 2.15. The Morgan fingerprint density at radius 2 is 2.06 bits per heavy atom. The number of amides is 1. The normalized spacial score (nSPS) is 10.8. The van der Waals surface area contributed by atoms with E-state index in [4.69, 9.17) is 4.74 Å². The molecule has 0 radical (unpaired) electrons. The lowest BCUT2D eigenvalue weighted by molar-refractivity contribution is 0.0541. The van der Waals surface area contributed by atoms with Gasteiger partial charge >= 0.3 is 6.09 Å². The van der Waals surface area contributed by atoms with Crippen LogP contribution in [0.15, 0.2) is 24.3 Å². The number of carbonyl (C=O) groups is 1. The molecule has 5 heteroatoms. The molecule has 0 aliphatic rings. The molecule has 1 aromatic carbocycles. The van der Waals surface area contributed by atoms with Crippen LogP contribution in [0.2, 0.25) is 0 Å². The zero-order valence-corrected chi connectivity index (χ0v) is 9.50. The van der Waals surface area contributed by atoms with Crippen LogP contribution in [0.1, 0.15) is 20.8 Å². The van der Waals surface area contributed by atoms with Gasteiger partial charge in [0, 0.05) is 0 Å². The van der Waals surface area contributed by atoms with Crippen LogP contribution in [0.3, 0.4) is 0 Å². The van der Waals surface area contributed by atoms with Crippen LogP contribution in [0.4, 0.5) is 14.9 Å². The van der Waals surface area contributed by atoms with Crippen molar-refractivity contribution in [3.05, 3.63) is 30.1 Å². The monoisotopic (exact) mass is 226 g/mol. The molecule has 16 heavy (non-hydrogen) atoms. The van der Waals surface area contributed by atoms with Gasteiger partial charge in [0.1, 0.15) is 11.4 Å². The molecule has 0 heterocycles. The Balaban J connectivity index is 2.43. The van der Waals surface area contributed by atoms with Crippen LogP contribution in [0.25, 0.3) is 0 Å². The third-order valence-electron chi connectivity index (χ3n) is 1.53. The molecule has 1 amide bonds. The number of benzene rings is 1. The van der Waals surface area contributed by atoms with Crippen molar-refractivity contribution in [2.75, 3.05) is 5.43 Å². The van der Waals surface area contributed by atoms with Crippen molar-refractivity contribution >= 4 is 11.8 Å². The Morgan fingerprint density at radius 3 is 2.62 bits per heavy atom. The van der Waals surface area contributed by atoms with Gasteiger partial charge in [-0.1, -0.05) is 6.07 Å². The van der Waals surface area contributed by atoms with E-state index in [2.05, 4.69) is 10.9 Å². The molecule has 0 saturated heterocycles. The van der Waals surface area contributed by atoms with Crippen molar-refractivity contribution in [1.82, 2.24) is 5.43 Å². The van der Waals surface area contributed by atoms with Crippen LogP contribution < -0.4 is 10.9 Å². The van der Waals surface area contributed by atoms with Crippen LogP contribution in [-0.4, -0.2) is 11.7 Å². The Bertz CT molecular complexity index is 374. The fourth-order valence-corrected chi connectivity index (χ4v) is 0.993. The van der Waals surface area contributed by atoms with E-state index in [0.717, 1.165) is 0 Å². The van der Waals surface area contributed by atoms with Crippen LogP contribution in [0, 0.1) is 5.82 Å². The van der Waals surface area contributed by atoms with E-state index in [9.17, 15) is 9.18 Å². The number of nitrogens with one attached hydrogen (secondary N) is 2. The summed E-state index contributed by atoms with van der Waals surface area (Å²) in [4.78, 5) is 11.2. The summed E-state index contributed by atoms with van der Waals surface area (Å²) in [6.07, 6.45) is -0.614. The van der Waals surface area contributed by atoms with Gasteiger partial charge in [-0.2, -0.15) is 0 Å². The summed E-state index contributed by atoms with van der Waals surface area (Å²) >= 11 is 0. The van der Waals surface area contributed by atoms with Gasteiger partial charge in [-0.3, -0.25) is 5.43 Å². The van der Waals surface area contributed by atoms with E-state index >= 15 is 0 Å². The molecule has 0 bridgehead atoms. The van der Waals surface area contributed by atoms with Crippen molar-refractivity contribution in [2.45, 2.75) is 26.4 Å². The molecule has 0 atom stereocenters. The van der Waals surface area contributed by atoms with Gasteiger partial charge in [-0.15, -0.1) is 0 Å². The molecule has 0 aliphatic carbocycles. The van der Waals surface area contributed by atoms with E-state index in [-0.39, 0.29) is 5.82 Å². The Morgan fingerprint density at radius 1 is 1.38 bits per heavy atom. The lowest BCUT2D eigenvalue weighted by Gasteiger charge is -2.20. The van der Waals surface area contributed by atoms with Crippen LogP contribution in [-0.2, 0) is 4.74 Å². The fraction of sp³-hybridized carbons (Fsp3) is 0.364. The second-order valence-corrected chi connectivity index (χ2v) is 4.26. The highest BCUT2D eigenvalue weighted by atomic mass is 19.1. The maximum atomic E-state index is 12.8. The number of hydrogen-bond acceptors (Lipinski definition) is 3. The Labute approximate surface area is 93.8 Å². The molecule has 1 aromatic rings. The molecule has 0 unspecified atom stereocenters. The fourth-order valence-electron chi connectivity index (χ4n) is 0.993. The molecular formula is C11H15FN2O2.